The van der Waals surface area contributed by atoms with Crippen LogP contribution in [0.25, 0.3) is 21.9 Å². The SMILES string of the molecule is COc1ccc(Cc2cccc3nc(N)c4nc(O)[nH]c4c23)cc1. The van der Waals surface area contributed by atoms with Crippen molar-refractivity contribution >= 4 is 27.8 Å². The zero-order valence-corrected chi connectivity index (χ0v) is 13.1. The van der Waals surface area contributed by atoms with Crippen LogP contribution in [0.2, 0.25) is 0 Å². The highest BCUT2D eigenvalue weighted by atomic mass is 16.5. The number of aromatic nitrogens is 3. The van der Waals surface area contributed by atoms with E-state index < -0.39 is 0 Å². The molecular weight excluding hydrogens is 304 g/mol. The lowest BCUT2D eigenvalue weighted by molar-refractivity contribution is 0.414. The summed E-state index contributed by atoms with van der Waals surface area (Å²) in [5, 5.41) is 10.6. The zero-order chi connectivity index (χ0) is 16.7. The van der Waals surface area contributed by atoms with Gasteiger partial charge in [-0.25, -0.2) is 4.98 Å². The number of imidazole rings is 1. The van der Waals surface area contributed by atoms with E-state index in [-0.39, 0.29) is 6.01 Å². The summed E-state index contributed by atoms with van der Waals surface area (Å²) in [7, 11) is 1.65. The molecular formula is C18H16N4O2. The average molecular weight is 320 g/mol. The van der Waals surface area contributed by atoms with E-state index in [0.29, 0.717) is 16.9 Å². The second kappa shape index (κ2) is 5.42. The third-order valence-electron chi connectivity index (χ3n) is 4.11. The maximum absolute atomic E-state index is 9.71. The van der Waals surface area contributed by atoms with Crippen LogP contribution in [-0.4, -0.2) is 27.2 Å². The minimum atomic E-state index is -0.162. The van der Waals surface area contributed by atoms with E-state index in [4.69, 9.17) is 10.5 Å². The summed E-state index contributed by atoms with van der Waals surface area (Å²) >= 11 is 0. The van der Waals surface area contributed by atoms with Crippen molar-refractivity contribution in [1.29, 1.82) is 0 Å². The summed E-state index contributed by atoms with van der Waals surface area (Å²) in [4.78, 5) is 11.3. The standard InChI is InChI=1S/C18H16N4O2/c1-24-12-7-5-10(6-8-12)9-11-3-2-4-13-14(11)15-16(17(19)20-13)22-18(23)21-15/h2-8H,9H2,1H3,(H2,19,20)(H2,21,22,23). The van der Waals surface area contributed by atoms with E-state index in [1.54, 1.807) is 7.11 Å². The van der Waals surface area contributed by atoms with E-state index in [1.165, 1.54) is 0 Å². The Morgan fingerprint density at radius 3 is 2.67 bits per heavy atom. The number of nitrogens with two attached hydrogens (primary N) is 1. The first-order valence-electron chi connectivity index (χ1n) is 7.54. The van der Waals surface area contributed by atoms with Crippen molar-refractivity contribution in [3.05, 3.63) is 53.6 Å². The van der Waals surface area contributed by atoms with Crippen LogP contribution in [0, 0.1) is 0 Å². The Hall–Kier alpha value is -3.28. The Labute approximate surface area is 137 Å². The molecule has 6 nitrogen and oxygen atoms in total. The summed E-state index contributed by atoms with van der Waals surface area (Å²) in [6.45, 7) is 0. The fourth-order valence-electron chi connectivity index (χ4n) is 2.99. The Morgan fingerprint density at radius 1 is 1.12 bits per heavy atom. The highest BCUT2D eigenvalue weighted by Crippen LogP contribution is 2.31. The number of pyridine rings is 1. The molecule has 0 saturated carbocycles. The Balaban J connectivity index is 1.89. The lowest BCUT2D eigenvalue weighted by atomic mass is 9.99. The van der Waals surface area contributed by atoms with E-state index in [0.717, 1.165) is 34.2 Å². The summed E-state index contributed by atoms with van der Waals surface area (Å²) in [6, 6.07) is 13.7. The van der Waals surface area contributed by atoms with Crippen molar-refractivity contribution in [3.63, 3.8) is 0 Å². The molecule has 0 aliphatic rings. The number of methoxy groups -OCH3 is 1. The second-order valence-electron chi connectivity index (χ2n) is 5.62. The van der Waals surface area contributed by atoms with E-state index in [1.807, 2.05) is 42.5 Å². The molecule has 0 radical (unpaired) electrons. The summed E-state index contributed by atoms with van der Waals surface area (Å²) in [6.07, 6.45) is 0.724. The number of aromatic amines is 1. The minimum Gasteiger partial charge on any atom is -0.497 e. The topological polar surface area (TPSA) is 97.1 Å². The number of nitrogens with zero attached hydrogens (tertiary/aromatic N) is 2. The van der Waals surface area contributed by atoms with Gasteiger partial charge in [-0.2, -0.15) is 4.98 Å². The molecule has 0 fully saturated rings. The maximum atomic E-state index is 9.71. The fraction of sp³-hybridized carbons (Fsp3) is 0.111. The van der Waals surface area contributed by atoms with Gasteiger partial charge >= 0.3 is 0 Å². The number of aromatic hydroxyl groups is 1. The molecule has 2 heterocycles. The number of rotatable bonds is 3. The molecule has 0 bridgehead atoms. The van der Waals surface area contributed by atoms with Gasteiger partial charge in [0.1, 0.15) is 11.3 Å². The fourth-order valence-corrected chi connectivity index (χ4v) is 2.99. The average Bonchev–Trinajstić information content (AvgIpc) is 2.98. The van der Waals surface area contributed by atoms with Crippen LogP contribution in [0.3, 0.4) is 0 Å². The van der Waals surface area contributed by atoms with Crippen LogP contribution in [0.15, 0.2) is 42.5 Å². The van der Waals surface area contributed by atoms with Crippen LogP contribution in [0.5, 0.6) is 11.8 Å². The van der Waals surface area contributed by atoms with Crippen molar-refractivity contribution in [2.45, 2.75) is 6.42 Å². The molecule has 0 amide bonds. The van der Waals surface area contributed by atoms with Gasteiger partial charge in [-0.3, -0.25) is 0 Å². The molecule has 4 aromatic rings. The van der Waals surface area contributed by atoms with Gasteiger partial charge in [0.15, 0.2) is 5.82 Å². The third-order valence-corrected chi connectivity index (χ3v) is 4.11. The van der Waals surface area contributed by atoms with Gasteiger partial charge < -0.3 is 20.6 Å². The van der Waals surface area contributed by atoms with Crippen LogP contribution < -0.4 is 10.5 Å². The van der Waals surface area contributed by atoms with Crippen LogP contribution in [0.4, 0.5) is 5.82 Å². The molecule has 0 spiro atoms. The molecule has 0 saturated heterocycles. The molecule has 2 aromatic carbocycles. The molecule has 0 aliphatic carbocycles. The third kappa shape index (κ3) is 2.28. The molecule has 4 N–H and O–H groups in total. The number of hydrogen-bond donors (Lipinski definition) is 3. The van der Waals surface area contributed by atoms with Gasteiger partial charge in [0.2, 0.25) is 0 Å². The monoisotopic (exact) mass is 320 g/mol. The number of fused-ring (bicyclic) bond motifs is 3. The number of anilines is 1. The largest absolute Gasteiger partial charge is 0.497 e. The highest BCUT2D eigenvalue weighted by Gasteiger charge is 2.14. The van der Waals surface area contributed by atoms with Crippen molar-refractivity contribution < 1.29 is 9.84 Å². The summed E-state index contributed by atoms with van der Waals surface area (Å²) < 4.78 is 5.20. The quantitative estimate of drug-likeness (QED) is 0.539. The first-order valence-corrected chi connectivity index (χ1v) is 7.54. The van der Waals surface area contributed by atoms with Gasteiger partial charge in [-0.1, -0.05) is 24.3 Å². The van der Waals surface area contributed by atoms with Gasteiger partial charge in [-0.15, -0.1) is 0 Å². The normalized spacial score (nSPS) is 11.2. The number of nitrogen functional groups attached to an aromatic ring is 1. The van der Waals surface area contributed by atoms with Crippen LogP contribution >= 0.6 is 0 Å². The molecule has 2 aromatic heterocycles. The minimum absolute atomic E-state index is 0.162. The molecule has 24 heavy (non-hydrogen) atoms. The van der Waals surface area contributed by atoms with Crippen molar-refractivity contribution in [3.8, 4) is 11.8 Å². The smallest absolute Gasteiger partial charge is 0.292 e. The Kier molecular flexibility index (Phi) is 3.23. The predicted molar refractivity (Wildman–Crippen MR) is 93.3 cm³/mol. The molecule has 6 heteroatoms. The van der Waals surface area contributed by atoms with Gasteiger partial charge in [-0.05, 0) is 35.7 Å². The molecule has 4 rings (SSSR count). The zero-order valence-electron chi connectivity index (χ0n) is 13.1. The van der Waals surface area contributed by atoms with Crippen molar-refractivity contribution in [2.24, 2.45) is 0 Å². The van der Waals surface area contributed by atoms with Gasteiger partial charge in [0.25, 0.3) is 6.01 Å². The number of nitrogens with one attached hydrogen (secondary N) is 1. The Morgan fingerprint density at radius 2 is 1.92 bits per heavy atom. The summed E-state index contributed by atoms with van der Waals surface area (Å²) in [5.41, 5.74) is 10.2. The predicted octanol–water partition coefficient (Wildman–Crippen LogP) is 3.00. The van der Waals surface area contributed by atoms with E-state index in [9.17, 15) is 5.11 Å². The number of benzene rings is 2. The lowest BCUT2D eigenvalue weighted by Crippen LogP contribution is -1.96. The number of ether oxygens (including phenoxy) is 1. The summed E-state index contributed by atoms with van der Waals surface area (Å²) in [5.74, 6) is 1.13. The Bertz CT molecular complexity index is 1040. The van der Waals surface area contributed by atoms with E-state index >= 15 is 0 Å². The van der Waals surface area contributed by atoms with Crippen molar-refractivity contribution in [1.82, 2.24) is 15.0 Å². The first kappa shape index (κ1) is 14.3. The second-order valence-corrected chi connectivity index (χ2v) is 5.62. The van der Waals surface area contributed by atoms with Crippen molar-refractivity contribution in [2.75, 3.05) is 12.8 Å². The van der Waals surface area contributed by atoms with Crippen LogP contribution in [-0.2, 0) is 6.42 Å². The first-order chi connectivity index (χ1) is 11.7. The molecule has 120 valence electrons. The highest BCUT2D eigenvalue weighted by molar-refractivity contribution is 6.08. The van der Waals surface area contributed by atoms with Gasteiger partial charge in [0, 0.05) is 5.39 Å². The number of hydrogen-bond acceptors (Lipinski definition) is 5. The molecule has 0 aliphatic heterocycles. The van der Waals surface area contributed by atoms with Gasteiger partial charge in [0.05, 0.1) is 18.1 Å². The van der Waals surface area contributed by atoms with Crippen LogP contribution in [0.1, 0.15) is 11.1 Å². The molecule has 0 atom stereocenters. The number of H-pyrrole nitrogens is 1. The molecule has 0 unspecified atom stereocenters. The lowest BCUT2D eigenvalue weighted by Gasteiger charge is -2.09. The van der Waals surface area contributed by atoms with E-state index in [2.05, 4.69) is 15.0 Å². The maximum Gasteiger partial charge on any atom is 0.292 e.